The molecule has 1 spiro atoms. The fourth-order valence-corrected chi connectivity index (χ4v) is 3.11. The second kappa shape index (κ2) is 5.39. The Morgan fingerprint density at radius 1 is 1.38 bits per heavy atom. The number of carbonyl (C=O) groups is 2. The Kier molecular flexibility index (Phi) is 3.57. The first-order valence-corrected chi connectivity index (χ1v) is 7.37. The lowest BCUT2D eigenvalue weighted by Gasteiger charge is -2.37. The molecular formula is C16H20N2O3. The van der Waals surface area contributed by atoms with E-state index in [4.69, 9.17) is 4.42 Å². The van der Waals surface area contributed by atoms with E-state index in [1.807, 2.05) is 24.0 Å². The SMILES string of the molecule is Cc1ccc(C=CC(=O)N2CCC3(CC2)CNC(=O)C3)o1. The van der Waals surface area contributed by atoms with Gasteiger partial charge >= 0.3 is 0 Å². The Morgan fingerprint density at radius 2 is 2.14 bits per heavy atom. The number of nitrogens with zero attached hydrogens (tertiary/aromatic N) is 1. The van der Waals surface area contributed by atoms with Crippen molar-refractivity contribution in [3.8, 4) is 0 Å². The van der Waals surface area contributed by atoms with Crippen molar-refractivity contribution in [1.29, 1.82) is 0 Å². The average molecular weight is 288 g/mol. The minimum absolute atomic E-state index is 0.0104. The lowest BCUT2D eigenvalue weighted by atomic mass is 9.77. The third-order valence-electron chi connectivity index (χ3n) is 4.48. The summed E-state index contributed by atoms with van der Waals surface area (Å²) in [6.45, 7) is 4.07. The van der Waals surface area contributed by atoms with Gasteiger partial charge in [-0.3, -0.25) is 9.59 Å². The van der Waals surface area contributed by atoms with E-state index < -0.39 is 0 Å². The minimum atomic E-state index is 0.0104. The van der Waals surface area contributed by atoms with Crippen LogP contribution in [0.5, 0.6) is 0 Å². The van der Waals surface area contributed by atoms with E-state index in [2.05, 4.69) is 5.32 Å². The number of rotatable bonds is 2. The van der Waals surface area contributed by atoms with Gasteiger partial charge < -0.3 is 14.6 Å². The van der Waals surface area contributed by atoms with Gasteiger partial charge in [-0.2, -0.15) is 0 Å². The summed E-state index contributed by atoms with van der Waals surface area (Å²) in [4.78, 5) is 25.4. The van der Waals surface area contributed by atoms with Crippen molar-refractivity contribution in [2.75, 3.05) is 19.6 Å². The normalized spacial score (nSPS) is 21.2. The molecule has 2 aliphatic rings. The third-order valence-corrected chi connectivity index (χ3v) is 4.48. The molecule has 2 fully saturated rings. The van der Waals surface area contributed by atoms with Crippen molar-refractivity contribution in [1.82, 2.24) is 10.2 Å². The predicted molar refractivity (Wildman–Crippen MR) is 78.4 cm³/mol. The summed E-state index contributed by atoms with van der Waals surface area (Å²) in [5, 5.41) is 2.90. The zero-order chi connectivity index (χ0) is 14.9. The fourth-order valence-electron chi connectivity index (χ4n) is 3.11. The molecule has 0 bridgehead atoms. The minimum Gasteiger partial charge on any atom is -0.462 e. The molecule has 3 heterocycles. The lowest BCUT2D eigenvalue weighted by Crippen LogP contribution is -2.43. The molecule has 1 N–H and O–H groups in total. The molecule has 0 aliphatic carbocycles. The first-order valence-electron chi connectivity index (χ1n) is 7.37. The van der Waals surface area contributed by atoms with Crippen LogP contribution in [0.25, 0.3) is 6.08 Å². The summed E-state index contributed by atoms with van der Waals surface area (Å²) in [7, 11) is 0. The van der Waals surface area contributed by atoms with Gasteiger partial charge in [0.15, 0.2) is 0 Å². The Morgan fingerprint density at radius 3 is 2.71 bits per heavy atom. The number of furan rings is 1. The molecule has 2 aliphatic heterocycles. The second-order valence-corrected chi connectivity index (χ2v) is 6.06. The number of likely N-dealkylation sites (tertiary alicyclic amines) is 1. The van der Waals surface area contributed by atoms with Gasteiger partial charge in [-0.25, -0.2) is 0 Å². The Balaban J connectivity index is 1.55. The number of aryl methyl sites for hydroxylation is 1. The van der Waals surface area contributed by atoms with Gasteiger partial charge in [0.05, 0.1) is 0 Å². The number of nitrogens with one attached hydrogen (secondary N) is 1. The van der Waals surface area contributed by atoms with E-state index >= 15 is 0 Å². The third kappa shape index (κ3) is 3.01. The van der Waals surface area contributed by atoms with Gasteiger partial charge in [0.2, 0.25) is 11.8 Å². The van der Waals surface area contributed by atoms with Gasteiger partial charge in [-0.1, -0.05) is 0 Å². The van der Waals surface area contributed by atoms with Crippen LogP contribution in [-0.2, 0) is 9.59 Å². The number of hydrogen-bond acceptors (Lipinski definition) is 3. The van der Waals surface area contributed by atoms with E-state index in [0.29, 0.717) is 12.2 Å². The summed E-state index contributed by atoms with van der Waals surface area (Å²) in [5.74, 6) is 1.68. The van der Waals surface area contributed by atoms with Crippen molar-refractivity contribution in [3.05, 3.63) is 29.7 Å². The summed E-state index contributed by atoms with van der Waals surface area (Å²) < 4.78 is 5.41. The lowest BCUT2D eigenvalue weighted by molar-refractivity contribution is -0.128. The molecule has 1 aromatic heterocycles. The van der Waals surface area contributed by atoms with Crippen molar-refractivity contribution in [2.24, 2.45) is 5.41 Å². The maximum atomic E-state index is 12.2. The molecule has 2 saturated heterocycles. The number of hydrogen-bond donors (Lipinski definition) is 1. The summed E-state index contributed by atoms with van der Waals surface area (Å²) in [5.41, 5.74) is 0.0791. The molecule has 0 unspecified atom stereocenters. The number of amides is 2. The van der Waals surface area contributed by atoms with Crippen LogP contribution in [0, 0.1) is 12.3 Å². The maximum Gasteiger partial charge on any atom is 0.246 e. The number of piperidine rings is 1. The fraction of sp³-hybridized carbons (Fsp3) is 0.500. The van der Waals surface area contributed by atoms with Crippen molar-refractivity contribution < 1.29 is 14.0 Å². The van der Waals surface area contributed by atoms with Gasteiger partial charge in [-0.15, -0.1) is 0 Å². The van der Waals surface area contributed by atoms with E-state index in [9.17, 15) is 9.59 Å². The summed E-state index contributed by atoms with van der Waals surface area (Å²) in [6, 6.07) is 3.72. The van der Waals surface area contributed by atoms with Crippen LogP contribution >= 0.6 is 0 Å². The van der Waals surface area contributed by atoms with E-state index in [1.165, 1.54) is 0 Å². The van der Waals surface area contributed by atoms with Crippen LogP contribution < -0.4 is 5.32 Å². The van der Waals surface area contributed by atoms with Crippen LogP contribution in [0.1, 0.15) is 30.8 Å². The van der Waals surface area contributed by atoms with E-state index in [0.717, 1.165) is 38.2 Å². The average Bonchev–Trinajstić information content (AvgIpc) is 3.04. The van der Waals surface area contributed by atoms with Crippen molar-refractivity contribution >= 4 is 17.9 Å². The largest absolute Gasteiger partial charge is 0.462 e. The topological polar surface area (TPSA) is 62.6 Å². The Labute approximate surface area is 124 Å². The van der Waals surface area contributed by atoms with Gasteiger partial charge in [0.25, 0.3) is 0 Å². The van der Waals surface area contributed by atoms with Crippen LogP contribution in [0.15, 0.2) is 22.6 Å². The molecule has 5 heteroatoms. The molecule has 0 atom stereocenters. The standard InChI is InChI=1S/C16H20N2O3/c1-12-2-3-13(21-12)4-5-15(20)18-8-6-16(7-9-18)10-14(19)17-11-16/h2-5H,6-11H2,1H3,(H,17,19). The highest BCUT2D eigenvalue weighted by atomic mass is 16.3. The molecule has 112 valence electrons. The Bertz CT molecular complexity index is 580. The molecule has 3 rings (SSSR count). The second-order valence-electron chi connectivity index (χ2n) is 6.06. The molecule has 0 aromatic carbocycles. The zero-order valence-electron chi connectivity index (χ0n) is 12.2. The summed E-state index contributed by atoms with van der Waals surface area (Å²) in [6.07, 6.45) is 5.67. The zero-order valence-corrected chi connectivity index (χ0v) is 12.2. The monoisotopic (exact) mass is 288 g/mol. The first-order chi connectivity index (χ1) is 10.1. The smallest absolute Gasteiger partial charge is 0.246 e. The van der Waals surface area contributed by atoms with Crippen LogP contribution in [0.4, 0.5) is 0 Å². The van der Waals surface area contributed by atoms with Crippen LogP contribution in [0.3, 0.4) is 0 Å². The van der Waals surface area contributed by atoms with Crippen LogP contribution in [0.2, 0.25) is 0 Å². The number of carbonyl (C=O) groups excluding carboxylic acids is 2. The molecule has 0 radical (unpaired) electrons. The maximum absolute atomic E-state index is 12.2. The molecule has 21 heavy (non-hydrogen) atoms. The van der Waals surface area contributed by atoms with E-state index in [-0.39, 0.29) is 17.2 Å². The molecule has 5 nitrogen and oxygen atoms in total. The molecule has 0 saturated carbocycles. The molecular weight excluding hydrogens is 268 g/mol. The van der Waals surface area contributed by atoms with Gasteiger partial charge in [0.1, 0.15) is 11.5 Å². The molecule has 1 aromatic rings. The summed E-state index contributed by atoms with van der Waals surface area (Å²) >= 11 is 0. The highest BCUT2D eigenvalue weighted by molar-refractivity contribution is 5.91. The molecule has 2 amide bonds. The van der Waals surface area contributed by atoms with E-state index in [1.54, 1.807) is 12.2 Å². The van der Waals surface area contributed by atoms with Crippen molar-refractivity contribution in [2.45, 2.75) is 26.2 Å². The predicted octanol–water partition coefficient (Wildman–Crippen LogP) is 1.73. The quantitative estimate of drug-likeness (QED) is 0.843. The van der Waals surface area contributed by atoms with Crippen LogP contribution in [-0.4, -0.2) is 36.3 Å². The van der Waals surface area contributed by atoms with Gasteiger partial charge in [0, 0.05) is 32.1 Å². The highest BCUT2D eigenvalue weighted by Crippen LogP contribution is 2.37. The van der Waals surface area contributed by atoms with Crippen molar-refractivity contribution in [3.63, 3.8) is 0 Å². The first kappa shape index (κ1) is 13.9. The van der Waals surface area contributed by atoms with Gasteiger partial charge in [-0.05, 0) is 43.4 Å². The highest BCUT2D eigenvalue weighted by Gasteiger charge is 2.41. The Hall–Kier alpha value is -2.04.